The molecule has 11 heteroatoms. The Kier molecular flexibility index (Phi) is 6.60. The van der Waals surface area contributed by atoms with Gasteiger partial charge in [0.05, 0.1) is 37.3 Å². The largest absolute Gasteiger partial charge is 0.493 e. The molecule has 0 aliphatic carbocycles. The van der Waals surface area contributed by atoms with Crippen LogP contribution in [0.3, 0.4) is 0 Å². The van der Waals surface area contributed by atoms with Gasteiger partial charge in [-0.25, -0.2) is 9.67 Å². The molecule has 1 amide bonds. The van der Waals surface area contributed by atoms with Gasteiger partial charge in [-0.1, -0.05) is 24.3 Å². The maximum atomic E-state index is 13.5. The molecule has 194 valence electrons. The van der Waals surface area contributed by atoms with Gasteiger partial charge in [-0.05, 0) is 36.8 Å². The van der Waals surface area contributed by atoms with Crippen LogP contribution < -0.4 is 25.9 Å². The topological polar surface area (TPSA) is 109 Å². The zero-order valence-corrected chi connectivity index (χ0v) is 22.0. The summed E-state index contributed by atoms with van der Waals surface area (Å²) in [7, 11) is 4.84. The molecule has 5 rings (SSSR count). The Bertz CT molecular complexity index is 1780. The molecule has 0 unspecified atom stereocenters. The molecule has 5 aromatic rings. The average molecular weight is 532 g/mol. The second-order valence-electron chi connectivity index (χ2n) is 8.56. The molecule has 0 fully saturated rings. The second-order valence-corrected chi connectivity index (χ2v) is 9.42. The highest BCUT2D eigenvalue weighted by Crippen LogP contribution is 2.36. The molecular formula is C27H25N5O5S. The van der Waals surface area contributed by atoms with Gasteiger partial charge < -0.3 is 14.8 Å². The Hall–Kier alpha value is -4.64. The quantitative estimate of drug-likeness (QED) is 0.344. The SMILES string of the molecule is COc1ccc(-c2csc3ncn(CC(=O)Nc4c(C)n(C)n(-c5ccccc5)c4=O)c(=O)c23)cc1OC. The van der Waals surface area contributed by atoms with Crippen molar-refractivity contribution in [3.63, 3.8) is 0 Å². The van der Waals surface area contributed by atoms with E-state index < -0.39 is 5.91 Å². The van der Waals surface area contributed by atoms with Crippen molar-refractivity contribution < 1.29 is 14.3 Å². The molecule has 1 N–H and O–H groups in total. The summed E-state index contributed by atoms with van der Waals surface area (Å²) < 4.78 is 15.1. The Morgan fingerprint density at radius 3 is 2.47 bits per heavy atom. The smallest absolute Gasteiger partial charge is 0.295 e. The number of methoxy groups -OCH3 is 2. The Morgan fingerprint density at radius 2 is 1.76 bits per heavy atom. The number of carbonyl (C=O) groups is 1. The molecule has 38 heavy (non-hydrogen) atoms. The summed E-state index contributed by atoms with van der Waals surface area (Å²) in [5, 5.41) is 4.95. The third-order valence-corrected chi connectivity index (χ3v) is 7.27. The van der Waals surface area contributed by atoms with Crippen molar-refractivity contribution in [1.82, 2.24) is 18.9 Å². The first kappa shape index (κ1) is 25.0. The highest BCUT2D eigenvalue weighted by atomic mass is 32.1. The van der Waals surface area contributed by atoms with E-state index in [1.165, 1.54) is 26.9 Å². The summed E-state index contributed by atoms with van der Waals surface area (Å²) in [6, 6.07) is 14.5. The number of ether oxygens (including phenoxy) is 2. The lowest BCUT2D eigenvalue weighted by Gasteiger charge is -2.10. The van der Waals surface area contributed by atoms with Gasteiger partial charge in [-0.3, -0.25) is 23.6 Å². The van der Waals surface area contributed by atoms with Crippen LogP contribution in [0.15, 0.2) is 69.8 Å². The van der Waals surface area contributed by atoms with E-state index in [0.29, 0.717) is 38.7 Å². The lowest BCUT2D eigenvalue weighted by Crippen LogP contribution is -2.29. The number of thiophene rings is 1. The molecule has 0 radical (unpaired) electrons. The van der Waals surface area contributed by atoms with Crippen LogP contribution in [0.5, 0.6) is 11.5 Å². The number of rotatable bonds is 7. The minimum absolute atomic E-state index is 0.157. The van der Waals surface area contributed by atoms with Crippen LogP contribution in [-0.2, 0) is 18.4 Å². The fourth-order valence-corrected chi connectivity index (χ4v) is 5.25. The number of anilines is 1. The molecule has 0 aliphatic rings. The van der Waals surface area contributed by atoms with E-state index in [2.05, 4.69) is 10.3 Å². The van der Waals surface area contributed by atoms with E-state index in [1.807, 2.05) is 41.8 Å². The minimum atomic E-state index is -0.512. The van der Waals surface area contributed by atoms with E-state index in [1.54, 1.807) is 45.0 Å². The highest BCUT2D eigenvalue weighted by Gasteiger charge is 2.20. The summed E-state index contributed by atoms with van der Waals surface area (Å²) in [5.41, 5.74) is 2.14. The number of nitrogens with zero attached hydrogens (tertiary/aromatic N) is 4. The molecular weight excluding hydrogens is 506 g/mol. The van der Waals surface area contributed by atoms with Gasteiger partial charge in [0.25, 0.3) is 11.1 Å². The van der Waals surface area contributed by atoms with E-state index in [9.17, 15) is 14.4 Å². The molecule has 2 aromatic carbocycles. The van der Waals surface area contributed by atoms with Crippen LogP contribution in [0, 0.1) is 6.92 Å². The van der Waals surface area contributed by atoms with Crippen LogP contribution >= 0.6 is 11.3 Å². The minimum Gasteiger partial charge on any atom is -0.493 e. The number of para-hydroxylation sites is 1. The number of fused-ring (bicyclic) bond motifs is 1. The van der Waals surface area contributed by atoms with E-state index in [4.69, 9.17) is 9.47 Å². The van der Waals surface area contributed by atoms with Crippen molar-refractivity contribution in [2.45, 2.75) is 13.5 Å². The molecule has 0 bridgehead atoms. The number of aromatic nitrogens is 4. The van der Waals surface area contributed by atoms with Crippen LogP contribution in [0.2, 0.25) is 0 Å². The van der Waals surface area contributed by atoms with Crippen LogP contribution in [0.25, 0.3) is 27.0 Å². The molecule has 3 heterocycles. The average Bonchev–Trinajstić information content (AvgIpc) is 3.45. The van der Waals surface area contributed by atoms with Crippen molar-refractivity contribution in [3.8, 4) is 28.3 Å². The zero-order chi connectivity index (χ0) is 27.0. The maximum absolute atomic E-state index is 13.5. The first-order valence-electron chi connectivity index (χ1n) is 11.7. The predicted molar refractivity (Wildman–Crippen MR) is 147 cm³/mol. The lowest BCUT2D eigenvalue weighted by atomic mass is 10.1. The van der Waals surface area contributed by atoms with Crippen LogP contribution in [-0.4, -0.2) is 39.0 Å². The second kappa shape index (κ2) is 10.0. The first-order chi connectivity index (χ1) is 18.3. The Labute approximate surface area is 221 Å². The van der Waals surface area contributed by atoms with Crippen molar-refractivity contribution in [2.24, 2.45) is 7.05 Å². The van der Waals surface area contributed by atoms with Gasteiger partial charge in [0, 0.05) is 18.0 Å². The summed E-state index contributed by atoms with van der Waals surface area (Å²) in [6.07, 6.45) is 1.35. The number of amides is 1. The molecule has 3 aromatic heterocycles. The van der Waals surface area contributed by atoms with Gasteiger partial charge in [-0.15, -0.1) is 11.3 Å². The predicted octanol–water partition coefficient (Wildman–Crippen LogP) is 3.58. The molecule has 0 aliphatic heterocycles. The van der Waals surface area contributed by atoms with E-state index in [-0.39, 0.29) is 23.4 Å². The molecule has 0 spiro atoms. The van der Waals surface area contributed by atoms with E-state index in [0.717, 1.165) is 5.56 Å². The standard InChI is InChI=1S/C27H25N5O5S/c1-16-24(27(35)32(30(16)2)18-8-6-5-7-9-18)29-22(33)13-31-15-28-25-23(26(31)34)19(14-38-25)17-10-11-20(36-3)21(12-17)37-4/h5-12,14-15H,13H2,1-4H3,(H,29,33). The maximum Gasteiger partial charge on any atom is 0.295 e. The van der Waals surface area contributed by atoms with Crippen molar-refractivity contribution in [1.29, 1.82) is 0 Å². The summed E-state index contributed by atoms with van der Waals surface area (Å²) in [4.78, 5) is 44.5. The molecule has 0 saturated heterocycles. The monoisotopic (exact) mass is 531 g/mol. The number of hydrogen-bond acceptors (Lipinski definition) is 7. The number of benzene rings is 2. The van der Waals surface area contributed by atoms with Crippen LogP contribution in [0.1, 0.15) is 5.69 Å². The van der Waals surface area contributed by atoms with Gasteiger partial charge in [0.15, 0.2) is 11.5 Å². The first-order valence-corrected chi connectivity index (χ1v) is 12.5. The number of carbonyl (C=O) groups excluding carboxylic acids is 1. The molecule has 10 nitrogen and oxygen atoms in total. The zero-order valence-electron chi connectivity index (χ0n) is 21.2. The molecule has 0 atom stereocenters. The number of hydrogen-bond donors (Lipinski definition) is 1. The van der Waals surface area contributed by atoms with Crippen molar-refractivity contribution >= 4 is 33.1 Å². The molecule has 0 saturated carbocycles. The van der Waals surface area contributed by atoms with Crippen LogP contribution in [0.4, 0.5) is 5.69 Å². The summed E-state index contributed by atoms with van der Waals surface area (Å²) in [5.74, 6) is 0.597. The van der Waals surface area contributed by atoms with Crippen molar-refractivity contribution in [2.75, 3.05) is 19.5 Å². The van der Waals surface area contributed by atoms with Gasteiger partial charge in [0.2, 0.25) is 5.91 Å². The number of nitrogens with one attached hydrogen (secondary N) is 1. The Balaban J connectivity index is 1.46. The van der Waals surface area contributed by atoms with E-state index >= 15 is 0 Å². The fourth-order valence-electron chi connectivity index (χ4n) is 4.34. The third-order valence-electron chi connectivity index (χ3n) is 6.39. The summed E-state index contributed by atoms with van der Waals surface area (Å²) in [6.45, 7) is 1.44. The van der Waals surface area contributed by atoms with Gasteiger partial charge in [-0.2, -0.15) is 0 Å². The van der Waals surface area contributed by atoms with Crippen molar-refractivity contribution in [3.05, 3.63) is 86.6 Å². The van der Waals surface area contributed by atoms with Gasteiger partial charge in [0.1, 0.15) is 17.1 Å². The third kappa shape index (κ3) is 4.26. The highest BCUT2D eigenvalue weighted by molar-refractivity contribution is 7.17. The normalized spacial score (nSPS) is 11.1. The van der Waals surface area contributed by atoms with Gasteiger partial charge >= 0.3 is 0 Å². The lowest BCUT2D eigenvalue weighted by molar-refractivity contribution is -0.116. The summed E-state index contributed by atoms with van der Waals surface area (Å²) >= 11 is 1.34. The Morgan fingerprint density at radius 1 is 1.03 bits per heavy atom. The fraction of sp³-hybridized carbons (Fsp3) is 0.185.